The van der Waals surface area contributed by atoms with Crippen LogP contribution in [0.1, 0.15) is 31.8 Å². The second-order valence-electron chi connectivity index (χ2n) is 6.05. The van der Waals surface area contributed by atoms with Gasteiger partial charge in [0.15, 0.2) is 5.76 Å². The molecule has 0 N–H and O–H groups in total. The smallest absolute Gasteiger partial charge is 0.345 e. The van der Waals surface area contributed by atoms with Gasteiger partial charge in [0.05, 0.1) is 11.1 Å². The lowest BCUT2D eigenvalue weighted by Crippen LogP contribution is -2.09. The fourth-order valence-corrected chi connectivity index (χ4v) is 2.82. The van der Waals surface area contributed by atoms with Crippen LogP contribution in [0.4, 0.5) is 0 Å². The van der Waals surface area contributed by atoms with Crippen molar-refractivity contribution >= 4 is 17.8 Å². The summed E-state index contributed by atoms with van der Waals surface area (Å²) in [4.78, 5) is 28.8. The minimum atomic E-state index is -0.518. The predicted octanol–water partition coefficient (Wildman–Crippen LogP) is 4.23. The van der Waals surface area contributed by atoms with Crippen LogP contribution in [0.2, 0.25) is 0 Å². The fourth-order valence-electron chi connectivity index (χ4n) is 2.82. The summed E-state index contributed by atoms with van der Waals surface area (Å²) >= 11 is 0. The van der Waals surface area contributed by atoms with E-state index in [0.717, 1.165) is 5.56 Å². The number of Topliss-reactive ketones (excluding diaryl/α,β-unsaturated/α-hetero) is 1. The SMILES string of the molecule is Cc1c(OC(=O)c2cccnc2)ccc2c1O/C(=C\c1ccccc1)C2=O. The molecule has 1 aromatic heterocycles. The van der Waals surface area contributed by atoms with Gasteiger partial charge in [-0.2, -0.15) is 0 Å². The first-order valence-corrected chi connectivity index (χ1v) is 8.38. The van der Waals surface area contributed by atoms with Gasteiger partial charge in [-0.05, 0) is 42.8 Å². The Balaban J connectivity index is 1.63. The average Bonchev–Trinajstić information content (AvgIpc) is 3.02. The predicted molar refractivity (Wildman–Crippen MR) is 99.8 cm³/mol. The highest BCUT2D eigenvalue weighted by atomic mass is 16.5. The van der Waals surface area contributed by atoms with Crippen LogP contribution in [0.25, 0.3) is 6.08 Å². The van der Waals surface area contributed by atoms with Crippen molar-refractivity contribution in [1.29, 1.82) is 0 Å². The average molecular weight is 357 g/mol. The van der Waals surface area contributed by atoms with Crippen LogP contribution in [0, 0.1) is 6.92 Å². The van der Waals surface area contributed by atoms with E-state index >= 15 is 0 Å². The van der Waals surface area contributed by atoms with Crippen LogP contribution in [-0.4, -0.2) is 16.7 Å². The van der Waals surface area contributed by atoms with E-state index in [9.17, 15) is 9.59 Å². The molecule has 2 aromatic carbocycles. The van der Waals surface area contributed by atoms with E-state index in [1.165, 1.54) is 6.20 Å². The Morgan fingerprint density at radius 1 is 1.07 bits per heavy atom. The summed E-state index contributed by atoms with van der Waals surface area (Å²) in [5.41, 5.74) is 2.26. The molecule has 2 heterocycles. The Bertz CT molecular complexity index is 1060. The molecule has 0 unspecified atom stereocenters. The van der Waals surface area contributed by atoms with E-state index in [2.05, 4.69) is 4.98 Å². The molecule has 0 saturated carbocycles. The summed E-state index contributed by atoms with van der Waals surface area (Å²) in [6.45, 7) is 1.75. The zero-order valence-corrected chi connectivity index (χ0v) is 14.5. The van der Waals surface area contributed by atoms with Gasteiger partial charge in [0.1, 0.15) is 11.5 Å². The topological polar surface area (TPSA) is 65.5 Å². The zero-order chi connectivity index (χ0) is 18.8. The number of fused-ring (bicyclic) bond motifs is 1. The molecule has 0 bridgehead atoms. The van der Waals surface area contributed by atoms with Crippen LogP contribution >= 0.6 is 0 Å². The third-order valence-corrected chi connectivity index (χ3v) is 4.23. The molecule has 4 rings (SSSR count). The summed E-state index contributed by atoms with van der Waals surface area (Å²) in [6, 6.07) is 16.0. The van der Waals surface area contributed by atoms with Crippen molar-refractivity contribution in [2.75, 3.05) is 0 Å². The highest BCUT2D eigenvalue weighted by molar-refractivity contribution is 6.15. The third-order valence-electron chi connectivity index (χ3n) is 4.23. The van der Waals surface area contributed by atoms with Gasteiger partial charge in [0, 0.05) is 18.0 Å². The van der Waals surface area contributed by atoms with E-state index in [0.29, 0.717) is 28.2 Å². The Morgan fingerprint density at radius 2 is 1.89 bits per heavy atom. The van der Waals surface area contributed by atoms with Crippen molar-refractivity contribution in [2.45, 2.75) is 6.92 Å². The van der Waals surface area contributed by atoms with Crippen LogP contribution < -0.4 is 9.47 Å². The summed E-state index contributed by atoms with van der Waals surface area (Å²) in [6.07, 6.45) is 4.71. The van der Waals surface area contributed by atoms with Crippen LogP contribution in [0.5, 0.6) is 11.5 Å². The lowest BCUT2D eigenvalue weighted by atomic mass is 10.1. The number of benzene rings is 2. The van der Waals surface area contributed by atoms with Crippen molar-refractivity contribution in [1.82, 2.24) is 4.98 Å². The first-order chi connectivity index (χ1) is 13.1. The monoisotopic (exact) mass is 357 g/mol. The van der Waals surface area contributed by atoms with Crippen molar-refractivity contribution in [3.8, 4) is 11.5 Å². The lowest BCUT2D eigenvalue weighted by Gasteiger charge is -2.10. The van der Waals surface area contributed by atoms with Gasteiger partial charge >= 0.3 is 5.97 Å². The van der Waals surface area contributed by atoms with E-state index in [1.54, 1.807) is 43.5 Å². The molecular weight excluding hydrogens is 342 g/mol. The number of ketones is 1. The van der Waals surface area contributed by atoms with Gasteiger partial charge < -0.3 is 9.47 Å². The molecule has 5 heteroatoms. The van der Waals surface area contributed by atoms with Crippen LogP contribution in [0.15, 0.2) is 72.8 Å². The number of nitrogens with zero attached hydrogens (tertiary/aromatic N) is 1. The first kappa shape index (κ1) is 16.7. The van der Waals surface area contributed by atoms with Crippen LogP contribution in [0.3, 0.4) is 0 Å². The maximum absolute atomic E-state index is 12.6. The van der Waals surface area contributed by atoms with E-state index in [-0.39, 0.29) is 11.5 Å². The van der Waals surface area contributed by atoms with Gasteiger partial charge in [0.2, 0.25) is 5.78 Å². The molecule has 1 aliphatic rings. The number of esters is 1. The maximum atomic E-state index is 12.6. The Morgan fingerprint density at radius 3 is 2.63 bits per heavy atom. The zero-order valence-electron chi connectivity index (χ0n) is 14.5. The first-order valence-electron chi connectivity index (χ1n) is 8.38. The number of hydrogen-bond acceptors (Lipinski definition) is 5. The molecule has 0 spiro atoms. The second kappa shape index (κ2) is 6.88. The molecule has 0 radical (unpaired) electrons. The summed E-state index contributed by atoms with van der Waals surface area (Å²) in [5.74, 6) is 0.294. The van der Waals surface area contributed by atoms with Crippen molar-refractivity contribution in [3.05, 3.63) is 95.0 Å². The number of carbonyl (C=O) groups is 2. The van der Waals surface area contributed by atoms with E-state index in [1.807, 2.05) is 30.3 Å². The number of carbonyl (C=O) groups excluding carboxylic acids is 2. The molecule has 0 saturated heterocycles. The van der Waals surface area contributed by atoms with E-state index < -0.39 is 5.97 Å². The molecule has 0 amide bonds. The lowest BCUT2D eigenvalue weighted by molar-refractivity contribution is 0.0732. The Kier molecular flexibility index (Phi) is 4.26. The van der Waals surface area contributed by atoms with Gasteiger partial charge in [-0.15, -0.1) is 0 Å². The Hall–Kier alpha value is -3.73. The Labute approximate surface area is 155 Å². The summed E-state index contributed by atoms with van der Waals surface area (Å²) in [5, 5.41) is 0. The molecule has 5 nitrogen and oxygen atoms in total. The third kappa shape index (κ3) is 3.22. The van der Waals surface area contributed by atoms with Crippen molar-refractivity contribution < 1.29 is 19.1 Å². The molecule has 0 fully saturated rings. The van der Waals surface area contributed by atoms with Gasteiger partial charge in [0.25, 0.3) is 0 Å². The summed E-state index contributed by atoms with van der Waals surface area (Å²) in [7, 11) is 0. The highest BCUT2D eigenvalue weighted by Gasteiger charge is 2.30. The quantitative estimate of drug-likeness (QED) is 0.399. The fraction of sp³-hybridized carbons (Fsp3) is 0.0455. The van der Waals surface area contributed by atoms with Gasteiger partial charge in [-0.25, -0.2) is 4.79 Å². The minimum Gasteiger partial charge on any atom is -0.452 e. The van der Waals surface area contributed by atoms with E-state index in [4.69, 9.17) is 9.47 Å². The standard InChI is InChI=1S/C22H15NO4/c1-14-18(27-22(25)16-8-5-11-23-13-16)10-9-17-20(24)19(26-21(14)17)12-15-6-3-2-4-7-15/h2-13H,1H3/b19-12-. The van der Waals surface area contributed by atoms with Crippen molar-refractivity contribution in [3.63, 3.8) is 0 Å². The normalized spacial score (nSPS) is 14.0. The molecule has 132 valence electrons. The molecule has 27 heavy (non-hydrogen) atoms. The maximum Gasteiger partial charge on any atom is 0.345 e. The number of hydrogen-bond donors (Lipinski definition) is 0. The number of rotatable bonds is 3. The molecule has 3 aromatic rings. The molecular formula is C22H15NO4. The number of ether oxygens (including phenoxy) is 2. The molecule has 0 atom stereocenters. The number of aromatic nitrogens is 1. The summed E-state index contributed by atoms with van der Waals surface area (Å²) < 4.78 is 11.2. The van der Waals surface area contributed by atoms with Gasteiger partial charge in [-0.3, -0.25) is 9.78 Å². The largest absolute Gasteiger partial charge is 0.452 e. The van der Waals surface area contributed by atoms with Crippen LogP contribution in [-0.2, 0) is 0 Å². The molecule has 1 aliphatic heterocycles. The highest BCUT2D eigenvalue weighted by Crippen LogP contribution is 2.39. The van der Waals surface area contributed by atoms with Gasteiger partial charge in [-0.1, -0.05) is 30.3 Å². The number of pyridine rings is 1. The molecule has 0 aliphatic carbocycles. The minimum absolute atomic E-state index is 0.193. The second-order valence-corrected chi connectivity index (χ2v) is 6.05. The van der Waals surface area contributed by atoms with Crippen molar-refractivity contribution in [2.24, 2.45) is 0 Å². The number of allylic oxidation sites excluding steroid dienone is 1.